The normalized spacial score (nSPS) is 12.7. The van der Waals surface area contributed by atoms with Crippen molar-refractivity contribution in [1.82, 2.24) is 9.97 Å². The molecule has 1 unspecified atom stereocenters. The Labute approximate surface area is 92.9 Å². The Morgan fingerprint density at radius 3 is 3.00 bits per heavy atom. The molecule has 5 nitrogen and oxygen atoms in total. The van der Waals surface area contributed by atoms with Crippen molar-refractivity contribution in [2.45, 2.75) is 6.04 Å². The molecule has 0 fully saturated rings. The van der Waals surface area contributed by atoms with Gasteiger partial charge in [0.05, 0.1) is 37.0 Å². The molecule has 0 spiro atoms. The van der Waals surface area contributed by atoms with Crippen molar-refractivity contribution in [3.05, 3.63) is 30.0 Å². The average molecular weight is 219 g/mol. The molecule has 0 saturated heterocycles. The van der Waals surface area contributed by atoms with Crippen molar-refractivity contribution in [3.8, 4) is 5.88 Å². The van der Waals surface area contributed by atoms with Crippen molar-refractivity contribution < 1.29 is 9.84 Å². The van der Waals surface area contributed by atoms with Crippen LogP contribution in [-0.2, 0) is 0 Å². The molecule has 3 N–H and O–H groups in total. The number of fused-ring (bicyclic) bond motifs is 1. The second-order valence-corrected chi connectivity index (χ2v) is 3.42. The highest BCUT2D eigenvalue weighted by atomic mass is 16.5. The van der Waals surface area contributed by atoms with Crippen molar-refractivity contribution in [2.24, 2.45) is 5.73 Å². The molecule has 0 aliphatic heterocycles. The maximum atomic E-state index is 9.07. The van der Waals surface area contributed by atoms with E-state index in [2.05, 4.69) is 9.97 Å². The summed E-state index contributed by atoms with van der Waals surface area (Å²) in [7, 11) is 1.53. The third-order valence-corrected chi connectivity index (χ3v) is 2.39. The number of methoxy groups -OCH3 is 1. The molecule has 2 aromatic rings. The number of nitrogens with zero attached hydrogens (tertiary/aromatic N) is 2. The number of nitrogens with two attached hydrogens (primary N) is 1. The minimum atomic E-state index is -0.454. The van der Waals surface area contributed by atoms with Gasteiger partial charge in [-0.1, -0.05) is 12.1 Å². The van der Waals surface area contributed by atoms with E-state index in [1.54, 1.807) is 6.20 Å². The summed E-state index contributed by atoms with van der Waals surface area (Å²) in [4.78, 5) is 8.49. The fourth-order valence-electron chi connectivity index (χ4n) is 1.53. The summed E-state index contributed by atoms with van der Waals surface area (Å²) in [6.45, 7) is -0.127. The SMILES string of the molecule is COc1cnc2cccc(C(N)CO)c2n1. The number of hydrogen-bond acceptors (Lipinski definition) is 5. The van der Waals surface area contributed by atoms with Gasteiger partial charge in [-0.2, -0.15) is 0 Å². The minimum Gasteiger partial charge on any atom is -0.480 e. The zero-order valence-corrected chi connectivity index (χ0v) is 8.92. The first-order chi connectivity index (χ1) is 7.76. The molecule has 0 bridgehead atoms. The van der Waals surface area contributed by atoms with Gasteiger partial charge in [-0.15, -0.1) is 0 Å². The fraction of sp³-hybridized carbons (Fsp3) is 0.273. The predicted molar refractivity (Wildman–Crippen MR) is 60.1 cm³/mol. The van der Waals surface area contributed by atoms with E-state index in [1.807, 2.05) is 18.2 Å². The molecule has 16 heavy (non-hydrogen) atoms. The molecule has 0 aliphatic carbocycles. The summed E-state index contributed by atoms with van der Waals surface area (Å²) in [6, 6.07) is 5.06. The van der Waals surface area contributed by atoms with E-state index >= 15 is 0 Å². The number of rotatable bonds is 3. The number of ether oxygens (including phenoxy) is 1. The number of para-hydroxylation sites is 1. The average Bonchev–Trinajstić information content (AvgIpc) is 2.36. The molecule has 1 atom stereocenters. The van der Waals surface area contributed by atoms with Crippen LogP contribution in [0.1, 0.15) is 11.6 Å². The van der Waals surface area contributed by atoms with E-state index in [1.165, 1.54) is 7.11 Å². The predicted octanol–water partition coefficient (Wildman–Crippen LogP) is 0.631. The van der Waals surface area contributed by atoms with Gasteiger partial charge in [0.15, 0.2) is 0 Å². The molecule has 1 heterocycles. The van der Waals surface area contributed by atoms with Gasteiger partial charge in [0.2, 0.25) is 5.88 Å². The molecule has 0 aliphatic rings. The standard InChI is InChI=1S/C11H13N3O2/c1-16-10-5-13-9-4-2-3-7(8(12)6-15)11(9)14-10/h2-5,8,15H,6,12H2,1H3. The molecule has 0 radical (unpaired) electrons. The molecule has 1 aromatic carbocycles. The smallest absolute Gasteiger partial charge is 0.232 e. The Balaban J connectivity index is 2.64. The molecule has 2 rings (SSSR count). The van der Waals surface area contributed by atoms with Crippen LogP contribution in [0.2, 0.25) is 0 Å². The summed E-state index contributed by atoms with van der Waals surface area (Å²) in [6.07, 6.45) is 1.55. The number of aliphatic hydroxyl groups excluding tert-OH is 1. The number of aliphatic hydroxyl groups is 1. The van der Waals surface area contributed by atoms with Crippen molar-refractivity contribution >= 4 is 11.0 Å². The molecule has 1 aromatic heterocycles. The highest BCUT2D eigenvalue weighted by Gasteiger charge is 2.11. The van der Waals surface area contributed by atoms with Gasteiger partial charge in [0.25, 0.3) is 0 Å². The first kappa shape index (κ1) is 10.8. The summed E-state index contributed by atoms with van der Waals surface area (Å²) in [5, 5.41) is 9.07. The van der Waals surface area contributed by atoms with Crippen molar-refractivity contribution in [2.75, 3.05) is 13.7 Å². The molecule has 0 saturated carbocycles. The van der Waals surface area contributed by atoms with E-state index < -0.39 is 6.04 Å². The lowest BCUT2D eigenvalue weighted by Gasteiger charge is -2.11. The van der Waals surface area contributed by atoms with E-state index in [0.717, 1.165) is 11.1 Å². The first-order valence-corrected chi connectivity index (χ1v) is 4.92. The molecular weight excluding hydrogens is 206 g/mol. The van der Waals surface area contributed by atoms with Crippen LogP contribution in [0.4, 0.5) is 0 Å². The van der Waals surface area contributed by atoms with Crippen molar-refractivity contribution in [3.63, 3.8) is 0 Å². The van der Waals surface area contributed by atoms with Crippen LogP contribution in [0.5, 0.6) is 5.88 Å². The Kier molecular flexibility index (Phi) is 2.98. The van der Waals surface area contributed by atoms with Crippen LogP contribution in [0.3, 0.4) is 0 Å². The van der Waals surface area contributed by atoms with E-state index in [4.69, 9.17) is 15.6 Å². The second-order valence-electron chi connectivity index (χ2n) is 3.42. The van der Waals surface area contributed by atoms with Gasteiger partial charge in [-0.3, -0.25) is 0 Å². The minimum absolute atomic E-state index is 0.127. The van der Waals surface area contributed by atoms with Gasteiger partial charge in [-0.05, 0) is 11.6 Å². The molecule has 0 amide bonds. The Morgan fingerprint density at radius 2 is 2.31 bits per heavy atom. The third-order valence-electron chi connectivity index (χ3n) is 2.39. The summed E-state index contributed by atoms with van der Waals surface area (Å²) in [5.74, 6) is 0.435. The largest absolute Gasteiger partial charge is 0.480 e. The van der Waals surface area contributed by atoms with E-state index in [0.29, 0.717) is 11.4 Å². The zero-order valence-electron chi connectivity index (χ0n) is 8.92. The molecule has 5 heteroatoms. The molecular formula is C11H13N3O2. The van der Waals surface area contributed by atoms with Gasteiger partial charge >= 0.3 is 0 Å². The van der Waals surface area contributed by atoms with Gasteiger partial charge in [0.1, 0.15) is 0 Å². The maximum absolute atomic E-state index is 9.07. The lowest BCUT2D eigenvalue weighted by molar-refractivity contribution is 0.268. The number of benzene rings is 1. The quantitative estimate of drug-likeness (QED) is 0.791. The Hall–Kier alpha value is -1.72. The maximum Gasteiger partial charge on any atom is 0.232 e. The Morgan fingerprint density at radius 1 is 1.50 bits per heavy atom. The highest BCUT2D eigenvalue weighted by Crippen LogP contribution is 2.21. The first-order valence-electron chi connectivity index (χ1n) is 4.92. The monoisotopic (exact) mass is 219 g/mol. The van der Waals surface area contributed by atoms with Crippen LogP contribution in [0.25, 0.3) is 11.0 Å². The Bertz CT molecular complexity index is 502. The van der Waals surface area contributed by atoms with Gasteiger partial charge in [-0.25, -0.2) is 9.97 Å². The van der Waals surface area contributed by atoms with Crippen LogP contribution in [0.15, 0.2) is 24.4 Å². The van der Waals surface area contributed by atoms with E-state index in [-0.39, 0.29) is 6.61 Å². The zero-order chi connectivity index (χ0) is 11.5. The van der Waals surface area contributed by atoms with Crippen LogP contribution < -0.4 is 10.5 Å². The molecule has 84 valence electrons. The summed E-state index contributed by atoms with van der Waals surface area (Å²) in [5.41, 5.74) is 7.97. The highest BCUT2D eigenvalue weighted by molar-refractivity contribution is 5.78. The topological polar surface area (TPSA) is 81.3 Å². The van der Waals surface area contributed by atoms with Gasteiger partial charge in [0, 0.05) is 0 Å². The number of aromatic nitrogens is 2. The lowest BCUT2D eigenvalue weighted by Crippen LogP contribution is -2.15. The van der Waals surface area contributed by atoms with E-state index in [9.17, 15) is 0 Å². The fourth-order valence-corrected chi connectivity index (χ4v) is 1.53. The van der Waals surface area contributed by atoms with Crippen molar-refractivity contribution in [1.29, 1.82) is 0 Å². The number of hydrogen-bond donors (Lipinski definition) is 2. The van der Waals surface area contributed by atoms with Gasteiger partial charge < -0.3 is 15.6 Å². The van der Waals surface area contributed by atoms with Crippen LogP contribution >= 0.6 is 0 Å². The second kappa shape index (κ2) is 4.42. The third kappa shape index (κ3) is 1.82. The summed E-state index contributed by atoms with van der Waals surface area (Å²) < 4.78 is 5.01. The summed E-state index contributed by atoms with van der Waals surface area (Å²) >= 11 is 0. The van der Waals surface area contributed by atoms with Crippen LogP contribution in [0, 0.1) is 0 Å². The van der Waals surface area contributed by atoms with Crippen LogP contribution in [-0.4, -0.2) is 28.8 Å². The lowest BCUT2D eigenvalue weighted by atomic mass is 10.1.